The van der Waals surface area contributed by atoms with Crippen molar-refractivity contribution in [3.05, 3.63) is 40.4 Å². The van der Waals surface area contributed by atoms with Gasteiger partial charge in [0.15, 0.2) is 6.10 Å². The van der Waals surface area contributed by atoms with Crippen molar-refractivity contribution in [1.82, 2.24) is 5.01 Å². The Labute approximate surface area is 170 Å². The summed E-state index contributed by atoms with van der Waals surface area (Å²) in [5.74, 6) is -0.631. The molecule has 2 aliphatic carbocycles. The molecular formula is C20H19BrN2O5. The Balaban J connectivity index is 1.47. The second-order valence-corrected chi connectivity index (χ2v) is 8.06. The van der Waals surface area contributed by atoms with E-state index in [1.807, 2.05) is 0 Å². The summed E-state index contributed by atoms with van der Waals surface area (Å²) in [5, 5.41) is 5.17. The fourth-order valence-corrected chi connectivity index (χ4v) is 4.71. The maximum Gasteiger partial charge on any atom is 0.346 e. The molecule has 4 rings (SSSR count). The lowest BCUT2D eigenvalue weighted by molar-refractivity contribution is -0.148. The lowest BCUT2D eigenvalue weighted by Gasteiger charge is -2.14. The number of fused-ring (bicyclic) bond motifs is 5. The van der Waals surface area contributed by atoms with Gasteiger partial charge in [0.25, 0.3) is 11.8 Å². The Morgan fingerprint density at radius 2 is 1.89 bits per heavy atom. The van der Waals surface area contributed by atoms with Crippen LogP contribution in [0.1, 0.15) is 18.9 Å². The van der Waals surface area contributed by atoms with Gasteiger partial charge in [-0.25, -0.2) is 4.79 Å². The summed E-state index contributed by atoms with van der Waals surface area (Å²) < 4.78 is 10.8. The highest BCUT2D eigenvalue weighted by molar-refractivity contribution is 9.10. The Hall–Kier alpha value is -2.48. The highest BCUT2D eigenvalue weighted by Crippen LogP contribution is 2.52. The summed E-state index contributed by atoms with van der Waals surface area (Å²) in [7, 11) is 1.30. The van der Waals surface area contributed by atoms with Gasteiger partial charge in [-0.2, -0.15) is 10.1 Å². The molecule has 1 saturated heterocycles. The number of nitrogens with zero attached hydrogens (tertiary/aromatic N) is 2. The number of rotatable bonds is 5. The van der Waals surface area contributed by atoms with Crippen molar-refractivity contribution >= 4 is 39.9 Å². The fourth-order valence-electron chi connectivity index (χ4n) is 4.22. The third kappa shape index (κ3) is 3.05. The maximum atomic E-state index is 12.6. The van der Waals surface area contributed by atoms with Crippen LogP contribution >= 0.6 is 15.9 Å². The molecule has 1 aliphatic heterocycles. The van der Waals surface area contributed by atoms with Crippen molar-refractivity contribution < 1.29 is 23.9 Å². The molecule has 2 amide bonds. The van der Waals surface area contributed by atoms with Gasteiger partial charge in [-0.15, -0.1) is 0 Å². The lowest BCUT2D eigenvalue weighted by atomic mass is 9.85. The first-order valence-electron chi connectivity index (χ1n) is 9.05. The largest absolute Gasteiger partial charge is 0.478 e. The number of hydrogen-bond donors (Lipinski definition) is 0. The molecular weight excluding hydrogens is 428 g/mol. The number of halogens is 1. The summed E-state index contributed by atoms with van der Waals surface area (Å²) >= 11 is 3.39. The molecule has 0 radical (unpaired) electrons. The van der Waals surface area contributed by atoms with Crippen molar-refractivity contribution in [2.45, 2.75) is 19.4 Å². The third-order valence-electron chi connectivity index (χ3n) is 5.56. The topological polar surface area (TPSA) is 85.3 Å². The van der Waals surface area contributed by atoms with Gasteiger partial charge in [0, 0.05) is 0 Å². The number of carbonyl (C=O) groups excluding carboxylic acids is 3. The van der Waals surface area contributed by atoms with Crippen LogP contribution in [0, 0.1) is 23.7 Å². The van der Waals surface area contributed by atoms with Crippen molar-refractivity contribution in [2.75, 3.05) is 7.11 Å². The van der Waals surface area contributed by atoms with Gasteiger partial charge in [0.1, 0.15) is 5.75 Å². The first kappa shape index (κ1) is 18.9. The van der Waals surface area contributed by atoms with E-state index in [0.29, 0.717) is 15.8 Å². The monoisotopic (exact) mass is 446 g/mol. The quantitative estimate of drug-likeness (QED) is 0.300. The normalized spacial score (nSPS) is 28.9. The number of methoxy groups -OCH3 is 1. The average Bonchev–Trinajstić information content (AvgIpc) is 3.36. The maximum absolute atomic E-state index is 12.6. The molecule has 3 aliphatic rings. The van der Waals surface area contributed by atoms with Crippen LogP contribution in [0.4, 0.5) is 0 Å². The van der Waals surface area contributed by atoms with Crippen molar-refractivity contribution in [2.24, 2.45) is 28.8 Å². The second kappa shape index (κ2) is 7.16. The number of allylic oxidation sites excluding steroid dienone is 2. The van der Waals surface area contributed by atoms with E-state index < -0.39 is 12.1 Å². The number of carbonyl (C=O) groups is 3. The molecule has 2 fully saturated rings. The second-order valence-electron chi connectivity index (χ2n) is 7.21. The van der Waals surface area contributed by atoms with E-state index in [1.165, 1.54) is 13.3 Å². The van der Waals surface area contributed by atoms with Gasteiger partial charge in [-0.3, -0.25) is 9.59 Å². The number of amides is 2. The summed E-state index contributed by atoms with van der Waals surface area (Å²) in [6.07, 6.45) is 5.72. The molecule has 5 unspecified atom stereocenters. The highest BCUT2D eigenvalue weighted by atomic mass is 79.9. The molecule has 5 atom stereocenters. The van der Waals surface area contributed by atoms with E-state index in [2.05, 4.69) is 37.9 Å². The summed E-state index contributed by atoms with van der Waals surface area (Å²) in [5.41, 5.74) is 0.684. The van der Waals surface area contributed by atoms with Crippen molar-refractivity contribution in [3.63, 3.8) is 0 Å². The third-order valence-corrected chi connectivity index (χ3v) is 6.18. The number of benzene rings is 1. The average molecular weight is 447 g/mol. The summed E-state index contributed by atoms with van der Waals surface area (Å²) in [6.45, 7) is 1.59. The van der Waals surface area contributed by atoms with E-state index >= 15 is 0 Å². The molecule has 1 heterocycles. The molecule has 7 nitrogen and oxygen atoms in total. The zero-order chi connectivity index (χ0) is 20.0. The van der Waals surface area contributed by atoms with Gasteiger partial charge in [0.05, 0.1) is 29.6 Å². The van der Waals surface area contributed by atoms with E-state index in [0.717, 1.165) is 11.4 Å². The van der Waals surface area contributed by atoms with Crippen LogP contribution in [-0.2, 0) is 19.1 Å². The van der Waals surface area contributed by atoms with Crippen LogP contribution in [0.3, 0.4) is 0 Å². The Morgan fingerprint density at radius 1 is 1.25 bits per heavy atom. The van der Waals surface area contributed by atoms with Gasteiger partial charge >= 0.3 is 5.97 Å². The number of esters is 1. The standard InChI is InChI=1S/C20H19BrN2O5/c1-10(20(26)27-2)28-15-6-3-11(7-14(15)21)9-22-23-18(24)16-12-4-5-13(8-12)17(16)19(23)25/h3-7,9-10,12-13,16-17H,8H2,1-2H3. The van der Waals surface area contributed by atoms with Crippen LogP contribution in [0.15, 0.2) is 39.9 Å². The zero-order valence-electron chi connectivity index (χ0n) is 15.4. The van der Waals surface area contributed by atoms with Gasteiger partial charge < -0.3 is 9.47 Å². The molecule has 1 saturated carbocycles. The fraction of sp³-hybridized carbons (Fsp3) is 0.400. The van der Waals surface area contributed by atoms with E-state index in [-0.39, 0.29) is 35.5 Å². The highest BCUT2D eigenvalue weighted by Gasteiger charge is 2.59. The predicted molar refractivity (Wildman–Crippen MR) is 103 cm³/mol. The molecule has 1 aromatic rings. The summed E-state index contributed by atoms with van der Waals surface area (Å²) in [4.78, 5) is 36.7. The molecule has 0 spiro atoms. The smallest absolute Gasteiger partial charge is 0.346 e. The van der Waals surface area contributed by atoms with Gasteiger partial charge in [0.2, 0.25) is 0 Å². The minimum atomic E-state index is -0.746. The van der Waals surface area contributed by atoms with Crippen molar-refractivity contribution in [3.8, 4) is 5.75 Å². The SMILES string of the molecule is COC(=O)C(C)Oc1ccc(C=NN2C(=O)C3C4C=CC(C4)C3C2=O)cc1Br. The van der Waals surface area contributed by atoms with E-state index in [9.17, 15) is 14.4 Å². The van der Waals surface area contributed by atoms with Crippen LogP contribution in [0.25, 0.3) is 0 Å². The minimum Gasteiger partial charge on any atom is -0.478 e. The first-order valence-corrected chi connectivity index (χ1v) is 9.84. The first-order chi connectivity index (χ1) is 13.4. The Morgan fingerprint density at radius 3 is 2.46 bits per heavy atom. The molecule has 2 bridgehead atoms. The number of hydrazone groups is 1. The van der Waals surface area contributed by atoms with E-state index in [4.69, 9.17) is 4.74 Å². The van der Waals surface area contributed by atoms with Crippen LogP contribution in [0.5, 0.6) is 5.75 Å². The van der Waals surface area contributed by atoms with Gasteiger partial charge in [-0.05, 0) is 64.9 Å². The summed E-state index contributed by atoms with van der Waals surface area (Å²) in [6, 6.07) is 5.14. The molecule has 0 N–H and O–H groups in total. The van der Waals surface area contributed by atoms with Crippen molar-refractivity contribution in [1.29, 1.82) is 0 Å². The minimum absolute atomic E-state index is 0.161. The molecule has 0 aromatic heterocycles. The predicted octanol–water partition coefficient (Wildman–Crippen LogP) is 2.53. The van der Waals surface area contributed by atoms with Crippen LogP contribution < -0.4 is 4.74 Å². The Kier molecular flexibility index (Phi) is 4.82. The zero-order valence-corrected chi connectivity index (χ0v) is 17.0. The lowest BCUT2D eigenvalue weighted by Crippen LogP contribution is -2.28. The number of imide groups is 1. The number of ether oxygens (including phenoxy) is 2. The van der Waals surface area contributed by atoms with Crippen LogP contribution in [-0.4, -0.2) is 42.2 Å². The van der Waals surface area contributed by atoms with Gasteiger partial charge in [-0.1, -0.05) is 12.2 Å². The van der Waals surface area contributed by atoms with E-state index in [1.54, 1.807) is 25.1 Å². The van der Waals surface area contributed by atoms with Crippen LogP contribution in [0.2, 0.25) is 0 Å². The molecule has 146 valence electrons. The molecule has 8 heteroatoms. The number of hydrogen-bond acceptors (Lipinski definition) is 6. The molecule has 28 heavy (non-hydrogen) atoms. The molecule has 1 aromatic carbocycles. The Bertz CT molecular complexity index is 882.